The van der Waals surface area contributed by atoms with Gasteiger partial charge in [-0.1, -0.05) is 19.3 Å². The second kappa shape index (κ2) is 5.64. The highest BCUT2D eigenvalue weighted by atomic mass is 16.2. The zero-order valence-corrected chi connectivity index (χ0v) is 10.8. The van der Waals surface area contributed by atoms with Gasteiger partial charge in [-0.15, -0.1) is 0 Å². The van der Waals surface area contributed by atoms with Crippen LogP contribution in [-0.2, 0) is 4.79 Å². The molecule has 1 fully saturated rings. The highest BCUT2D eigenvalue weighted by Gasteiger charge is 2.30. The lowest BCUT2D eigenvalue weighted by molar-refractivity contribution is -0.130. The van der Waals surface area contributed by atoms with Crippen molar-refractivity contribution in [2.45, 2.75) is 52.0 Å². The molecule has 0 unspecified atom stereocenters. The lowest BCUT2D eigenvalue weighted by Gasteiger charge is -2.36. The molecule has 0 aromatic heterocycles. The Kier molecular flexibility index (Phi) is 4.74. The summed E-state index contributed by atoms with van der Waals surface area (Å²) in [7, 11) is 2.11. The molecule has 0 aromatic carbocycles. The molecule has 1 rings (SSSR count). The van der Waals surface area contributed by atoms with Gasteiger partial charge in [0, 0.05) is 12.6 Å². The van der Waals surface area contributed by atoms with Crippen LogP contribution in [0.15, 0.2) is 0 Å². The lowest BCUT2D eigenvalue weighted by atomic mass is 9.89. The molecule has 0 heterocycles. The van der Waals surface area contributed by atoms with E-state index >= 15 is 0 Å². The number of hydrogen-bond donors (Lipinski definition) is 2. The summed E-state index contributed by atoms with van der Waals surface area (Å²) >= 11 is 0. The van der Waals surface area contributed by atoms with E-state index in [2.05, 4.69) is 17.4 Å². The van der Waals surface area contributed by atoms with Gasteiger partial charge in [-0.3, -0.25) is 10.2 Å². The molecule has 4 heteroatoms. The molecule has 0 bridgehead atoms. The summed E-state index contributed by atoms with van der Waals surface area (Å²) in [6.45, 7) is 4.64. The number of nitrogens with zero attached hydrogens (tertiary/aromatic N) is 1. The van der Waals surface area contributed by atoms with Crippen molar-refractivity contribution < 1.29 is 4.79 Å². The summed E-state index contributed by atoms with van der Waals surface area (Å²) in [4.78, 5) is 13.9. The van der Waals surface area contributed by atoms with Crippen LogP contribution in [0.2, 0.25) is 0 Å². The van der Waals surface area contributed by atoms with Crippen LogP contribution in [0.25, 0.3) is 0 Å². The second-order valence-corrected chi connectivity index (χ2v) is 5.56. The van der Waals surface area contributed by atoms with Crippen molar-refractivity contribution in [3.63, 3.8) is 0 Å². The topological polar surface area (TPSA) is 58.4 Å². The molecule has 0 atom stereocenters. The normalized spacial score (nSPS) is 18.8. The number of carbonyl (C=O) groups is 1. The molecular formula is C12H25N3O. The molecular weight excluding hydrogens is 202 g/mol. The van der Waals surface area contributed by atoms with Crippen LogP contribution in [0.5, 0.6) is 0 Å². The summed E-state index contributed by atoms with van der Waals surface area (Å²) in [6, 6.07) is 0.638. The predicted octanol–water partition coefficient (Wildman–Crippen LogP) is 1.27. The number of hydrogen-bond acceptors (Lipinski definition) is 3. The maximum atomic E-state index is 11.6. The third-order valence-corrected chi connectivity index (χ3v) is 3.59. The van der Waals surface area contributed by atoms with Gasteiger partial charge in [0.2, 0.25) is 5.91 Å². The Balaban J connectivity index is 2.48. The van der Waals surface area contributed by atoms with Crippen molar-refractivity contribution in [2.24, 2.45) is 11.3 Å². The monoisotopic (exact) mass is 227 g/mol. The van der Waals surface area contributed by atoms with Crippen molar-refractivity contribution >= 4 is 5.91 Å². The molecule has 0 aromatic rings. The number of amides is 1. The Morgan fingerprint density at radius 1 is 1.38 bits per heavy atom. The highest BCUT2D eigenvalue weighted by Crippen LogP contribution is 2.25. The first-order chi connectivity index (χ1) is 7.47. The van der Waals surface area contributed by atoms with Gasteiger partial charge in [0.1, 0.15) is 0 Å². The average Bonchev–Trinajstić information content (AvgIpc) is 2.28. The van der Waals surface area contributed by atoms with Crippen molar-refractivity contribution in [3.05, 3.63) is 0 Å². The van der Waals surface area contributed by atoms with Gasteiger partial charge in [-0.25, -0.2) is 5.84 Å². The van der Waals surface area contributed by atoms with Gasteiger partial charge in [-0.05, 0) is 33.7 Å². The van der Waals surface area contributed by atoms with Crippen LogP contribution in [0, 0.1) is 5.41 Å². The molecule has 4 nitrogen and oxygen atoms in total. The van der Waals surface area contributed by atoms with E-state index in [4.69, 9.17) is 5.84 Å². The fraction of sp³-hybridized carbons (Fsp3) is 0.917. The van der Waals surface area contributed by atoms with Gasteiger partial charge >= 0.3 is 0 Å². The summed E-state index contributed by atoms with van der Waals surface area (Å²) in [6.07, 6.45) is 6.52. The van der Waals surface area contributed by atoms with E-state index < -0.39 is 5.41 Å². The Labute approximate surface area is 98.5 Å². The predicted molar refractivity (Wildman–Crippen MR) is 65.6 cm³/mol. The Morgan fingerprint density at radius 3 is 2.44 bits per heavy atom. The SMILES string of the molecule is CN(CC(C)(C)C(=O)NN)C1CCCCC1. The first-order valence-electron chi connectivity index (χ1n) is 6.18. The van der Waals surface area contributed by atoms with E-state index in [0.717, 1.165) is 6.54 Å². The van der Waals surface area contributed by atoms with Crippen LogP contribution in [0.3, 0.4) is 0 Å². The van der Waals surface area contributed by atoms with E-state index in [0.29, 0.717) is 6.04 Å². The molecule has 16 heavy (non-hydrogen) atoms. The summed E-state index contributed by atoms with van der Waals surface area (Å²) in [5.41, 5.74) is 1.83. The van der Waals surface area contributed by atoms with Crippen LogP contribution in [-0.4, -0.2) is 30.4 Å². The Morgan fingerprint density at radius 2 is 1.94 bits per heavy atom. The molecule has 94 valence electrons. The molecule has 0 saturated heterocycles. The minimum atomic E-state index is -0.416. The van der Waals surface area contributed by atoms with Crippen molar-refractivity contribution in [1.82, 2.24) is 10.3 Å². The maximum absolute atomic E-state index is 11.6. The van der Waals surface area contributed by atoms with Crippen LogP contribution in [0.1, 0.15) is 46.0 Å². The van der Waals surface area contributed by atoms with E-state index in [-0.39, 0.29) is 5.91 Å². The molecule has 1 amide bonds. The molecule has 1 aliphatic carbocycles. The zero-order chi connectivity index (χ0) is 12.2. The van der Waals surface area contributed by atoms with Gasteiger partial charge in [0.25, 0.3) is 0 Å². The van der Waals surface area contributed by atoms with E-state index in [1.54, 1.807) is 0 Å². The first kappa shape index (κ1) is 13.5. The van der Waals surface area contributed by atoms with Gasteiger partial charge in [0.05, 0.1) is 5.41 Å². The average molecular weight is 227 g/mol. The number of nitrogens with one attached hydrogen (secondary N) is 1. The minimum Gasteiger partial charge on any atom is -0.302 e. The van der Waals surface area contributed by atoms with Gasteiger partial charge < -0.3 is 4.90 Å². The van der Waals surface area contributed by atoms with Crippen molar-refractivity contribution in [1.29, 1.82) is 0 Å². The van der Waals surface area contributed by atoms with E-state index in [9.17, 15) is 4.79 Å². The van der Waals surface area contributed by atoms with Crippen molar-refractivity contribution in [2.75, 3.05) is 13.6 Å². The fourth-order valence-electron chi connectivity index (χ4n) is 2.54. The molecule has 0 radical (unpaired) electrons. The number of carbonyl (C=O) groups excluding carboxylic acids is 1. The molecule has 1 aliphatic rings. The molecule has 0 aliphatic heterocycles. The van der Waals surface area contributed by atoms with Crippen LogP contribution < -0.4 is 11.3 Å². The fourth-order valence-corrected chi connectivity index (χ4v) is 2.54. The molecule has 0 spiro atoms. The van der Waals surface area contributed by atoms with Crippen LogP contribution >= 0.6 is 0 Å². The summed E-state index contributed by atoms with van der Waals surface area (Å²) in [5, 5.41) is 0. The minimum absolute atomic E-state index is 0.0878. The van der Waals surface area contributed by atoms with E-state index in [1.165, 1.54) is 32.1 Å². The third kappa shape index (κ3) is 3.46. The smallest absolute Gasteiger partial charge is 0.240 e. The third-order valence-electron chi connectivity index (χ3n) is 3.59. The Hall–Kier alpha value is -0.610. The summed E-state index contributed by atoms with van der Waals surface area (Å²) < 4.78 is 0. The quantitative estimate of drug-likeness (QED) is 0.432. The lowest BCUT2D eigenvalue weighted by Crippen LogP contribution is -2.48. The Bertz CT molecular complexity index is 234. The van der Waals surface area contributed by atoms with Gasteiger partial charge in [0.15, 0.2) is 0 Å². The van der Waals surface area contributed by atoms with Gasteiger partial charge in [-0.2, -0.15) is 0 Å². The standard InChI is InChI=1S/C12H25N3O/c1-12(2,11(16)14-13)9-15(3)10-7-5-4-6-8-10/h10H,4-9,13H2,1-3H3,(H,14,16). The molecule has 3 N–H and O–H groups in total. The van der Waals surface area contributed by atoms with Crippen LogP contribution in [0.4, 0.5) is 0 Å². The zero-order valence-electron chi connectivity index (χ0n) is 10.8. The second-order valence-electron chi connectivity index (χ2n) is 5.56. The highest BCUT2D eigenvalue weighted by molar-refractivity contribution is 5.81. The maximum Gasteiger partial charge on any atom is 0.240 e. The van der Waals surface area contributed by atoms with Crippen molar-refractivity contribution in [3.8, 4) is 0 Å². The largest absolute Gasteiger partial charge is 0.302 e. The number of nitrogens with two attached hydrogens (primary N) is 1. The summed E-state index contributed by atoms with van der Waals surface area (Å²) in [5.74, 6) is 5.11. The van der Waals surface area contributed by atoms with E-state index in [1.807, 2.05) is 13.8 Å². The number of rotatable bonds is 4. The molecule has 1 saturated carbocycles. The number of hydrazine groups is 1. The first-order valence-corrected chi connectivity index (χ1v) is 6.18.